The van der Waals surface area contributed by atoms with Crippen molar-refractivity contribution in [2.75, 3.05) is 57.3 Å². The number of benzene rings is 1. The first-order valence-corrected chi connectivity index (χ1v) is 8.01. The maximum atomic E-state index is 13.8. The molecular formula is C16H20F2N4O2. The summed E-state index contributed by atoms with van der Waals surface area (Å²) in [5, 5.41) is 2.96. The Morgan fingerprint density at radius 1 is 1.12 bits per heavy atom. The zero-order valence-electron chi connectivity index (χ0n) is 13.3. The van der Waals surface area contributed by atoms with Gasteiger partial charge in [0, 0.05) is 45.3 Å². The molecule has 0 saturated carbocycles. The number of amides is 2. The van der Waals surface area contributed by atoms with Crippen molar-refractivity contribution in [1.29, 1.82) is 0 Å². The molecule has 2 aliphatic heterocycles. The van der Waals surface area contributed by atoms with Crippen molar-refractivity contribution in [1.82, 2.24) is 15.1 Å². The molecule has 2 amide bonds. The van der Waals surface area contributed by atoms with Gasteiger partial charge in [-0.15, -0.1) is 0 Å². The van der Waals surface area contributed by atoms with Gasteiger partial charge in [-0.1, -0.05) is 0 Å². The van der Waals surface area contributed by atoms with Crippen molar-refractivity contribution >= 4 is 17.5 Å². The van der Waals surface area contributed by atoms with Crippen molar-refractivity contribution in [3.63, 3.8) is 0 Å². The van der Waals surface area contributed by atoms with Crippen LogP contribution in [0.4, 0.5) is 14.5 Å². The van der Waals surface area contributed by atoms with Gasteiger partial charge in [0.25, 0.3) is 0 Å². The van der Waals surface area contributed by atoms with Crippen LogP contribution in [0, 0.1) is 11.6 Å². The second-order valence-corrected chi connectivity index (χ2v) is 5.96. The third kappa shape index (κ3) is 3.64. The molecule has 1 N–H and O–H groups in total. The predicted molar refractivity (Wildman–Crippen MR) is 84.6 cm³/mol. The summed E-state index contributed by atoms with van der Waals surface area (Å²) in [5.41, 5.74) is 0.222. The van der Waals surface area contributed by atoms with Gasteiger partial charge in [-0.3, -0.25) is 9.59 Å². The fourth-order valence-corrected chi connectivity index (χ4v) is 3.00. The largest absolute Gasteiger partial charge is 0.366 e. The molecule has 2 fully saturated rings. The third-order valence-electron chi connectivity index (χ3n) is 4.39. The number of carbonyl (C=O) groups is 2. The summed E-state index contributed by atoms with van der Waals surface area (Å²) in [5.74, 6) is -1.13. The number of nitrogens with one attached hydrogen (secondary N) is 1. The Kier molecular flexibility index (Phi) is 4.94. The normalized spacial score (nSPS) is 18.9. The summed E-state index contributed by atoms with van der Waals surface area (Å²) in [6.45, 7) is 3.27. The Balaban J connectivity index is 1.55. The molecule has 24 heavy (non-hydrogen) atoms. The Morgan fingerprint density at radius 3 is 2.58 bits per heavy atom. The average Bonchev–Trinajstić information content (AvgIpc) is 2.59. The summed E-state index contributed by atoms with van der Waals surface area (Å²) in [7, 11) is 0. The molecule has 6 nitrogen and oxygen atoms in total. The van der Waals surface area contributed by atoms with Crippen molar-refractivity contribution < 1.29 is 18.4 Å². The third-order valence-corrected chi connectivity index (χ3v) is 4.39. The molecule has 0 unspecified atom stereocenters. The molecule has 0 aliphatic carbocycles. The van der Waals surface area contributed by atoms with E-state index in [1.165, 1.54) is 6.07 Å². The molecule has 130 valence electrons. The van der Waals surface area contributed by atoms with Crippen LogP contribution in [-0.2, 0) is 9.59 Å². The molecule has 1 aromatic carbocycles. The first kappa shape index (κ1) is 16.6. The molecular weight excluding hydrogens is 318 g/mol. The Morgan fingerprint density at radius 2 is 1.88 bits per heavy atom. The molecule has 8 heteroatoms. The SMILES string of the molecule is O=C(CN1CCNCC1=O)N1CCN(c2cc(F)ccc2F)CC1. The van der Waals surface area contributed by atoms with E-state index in [4.69, 9.17) is 0 Å². The van der Waals surface area contributed by atoms with E-state index < -0.39 is 11.6 Å². The van der Waals surface area contributed by atoms with Crippen LogP contribution in [0.25, 0.3) is 0 Å². The van der Waals surface area contributed by atoms with Crippen LogP contribution in [0.5, 0.6) is 0 Å². The van der Waals surface area contributed by atoms with Crippen LogP contribution in [-0.4, -0.2) is 74.0 Å². The van der Waals surface area contributed by atoms with Crippen LogP contribution >= 0.6 is 0 Å². The molecule has 3 rings (SSSR count). The molecule has 2 aliphatic rings. The van der Waals surface area contributed by atoms with Gasteiger partial charge in [0.1, 0.15) is 11.6 Å². The zero-order chi connectivity index (χ0) is 17.1. The van der Waals surface area contributed by atoms with Crippen molar-refractivity contribution in [3.8, 4) is 0 Å². The van der Waals surface area contributed by atoms with Crippen LogP contribution < -0.4 is 10.2 Å². The Hall–Kier alpha value is -2.22. The quantitative estimate of drug-likeness (QED) is 0.846. The number of hydrogen-bond donors (Lipinski definition) is 1. The first-order valence-electron chi connectivity index (χ1n) is 8.01. The summed E-state index contributed by atoms with van der Waals surface area (Å²) in [6.07, 6.45) is 0. The van der Waals surface area contributed by atoms with E-state index in [1.807, 2.05) is 0 Å². The summed E-state index contributed by atoms with van der Waals surface area (Å²) in [6, 6.07) is 3.37. The molecule has 1 aromatic rings. The Bertz CT molecular complexity index is 633. The molecule has 2 saturated heterocycles. The maximum absolute atomic E-state index is 13.8. The lowest BCUT2D eigenvalue weighted by Crippen LogP contribution is -2.55. The van der Waals surface area contributed by atoms with Gasteiger partial charge in [0.2, 0.25) is 11.8 Å². The number of nitrogens with zero attached hydrogens (tertiary/aromatic N) is 3. The van der Waals surface area contributed by atoms with E-state index in [0.717, 1.165) is 12.1 Å². The molecule has 0 bridgehead atoms. The number of carbonyl (C=O) groups excluding carboxylic acids is 2. The molecule has 0 aromatic heterocycles. The van der Waals surface area contributed by atoms with Gasteiger partial charge in [0.05, 0.1) is 18.8 Å². The van der Waals surface area contributed by atoms with Crippen molar-refractivity contribution in [2.45, 2.75) is 0 Å². The van der Waals surface area contributed by atoms with E-state index >= 15 is 0 Å². The predicted octanol–water partition coefficient (Wildman–Crippen LogP) is 0.0452. The summed E-state index contributed by atoms with van der Waals surface area (Å²) < 4.78 is 27.1. The highest BCUT2D eigenvalue weighted by atomic mass is 19.1. The van der Waals surface area contributed by atoms with Crippen LogP contribution in [0.2, 0.25) is 0 Å². The minimum Gasteiger partial charge on any atom is -0.366 e. The second-order valence-electron chi connectivity index (χ2n) is 5.96. The van der Waals surface area contributed by atoms with Crippen molar-refractivity contribution in [3.05, 3.63) is 29.8 Å². The second kappa shape index (κ2) is 7.12. The van der Waals surface area contributed by atoms with Gasteiger partial charge in [-0.2, -0.15) is 0 Å². The fraction of sp³-hybridized carbons (Fsp3) is 0.500. The van der Waals surface area contributed by atoms with E-state index in [2.05, 4.69) is 5.32 Å². The number of piperazine rings is 2. The lowest BCUT2D eigenvalue weighted by Gasteiger charge is -2.37. The molecule has 0 atom stereocenters. The number of rotatable bonds is 3. The smallest absolute Gasteiger partial charge is 0.242 e. The number of anilines is 1. The van der Waals surface area contributed by atoms with Crippen LogP contribution in [0.1, 0.15) is 0 Å². The lowest BCUT2D eigenvalue weighted by atomic mass is 10.2. The first-order chi connectivity index (χ1) is 11.5. The lowest BCUT2D eigenvalue weighted by molar-refractivity contribution is -0.141. The number of hydrogen-bond acceptors (Lipinski definition) is 4. The minimum absolute atomic E-state index is 0.0740. The Labute approximate surface area is 139 Å². The average molecular weight is 338 g/mol. The highest BCUT2D eigenvalue weighted by molar-refractivity contribution is 5.86. The topological polar surface area (TPSA) is 55.9 Å². The van der Waals surface area contributed by atoms with E-state index in [0.29, 0.717) is 39.3 Å². The molecule has 2 heterocycles. The van der Waals surface area contributed by atoms with E-state index in [1.54, 1.807) is 14.7 Å². The van der Waals surface area contributed by atoms with E-state index in [-0.39, 0.29) is 30.6 Å². The van der Waals surface area contributed by atoms with Crippen LogP contribution in [0.3, 0.4) is 0 Å². The van der Waals surface area contributed by atoms with Gasteiger partial charge >= 0.3 is 0 Å². The van der Waals surface area contributed by atoms with Gasteiger partial charge in [-0.25, -0.2) is 8.78 Å². The van der Waals surface area contributed by atoms with Gasteiger partial charge < -0.3 is 20.0 Å². The highest BCUT2D eigenvalue weighted by Gasteiger charge is 2.26. The van der Waals surface area contributed by atoms with Crippen molar-refractivity contribution in [2.24, 2.45) is 0 Å². The number of halogens is 2. The monoisotopic (exact) mass is 338 g/mol. The molecule has 0 spiro atoms. The highest BCUT2D eigenvalue weighted by Crippen LogP contribution is 2.22. The standard InChI is InChI=1S/C16H20F2N4O2/c17-12-1-2-13(18)14(9-12)20-5-7-21(8-6-20)16(24)11-22-4-3-19-10-15(22)23/h1-2,9,19H,3-8,10-11H2. The summed E-state index contributed by atoms with van der Waals surface area (Å²) in [4.78, 5) is 29.0. The van der Waals surface area contributed by atoms with E-state index in [9.17, 15) is 18.4 Å². The van der Waals surface area contributed by atoms with Gasteiger partial charge in [-0.05, 0) is 12.1 Å². The zero-order valence-corrected chi connectivity index (χ0v) is 13.3. The fourth-order valence-electron chi connectivity index (χ4n) is 3.00. The minimum atomic E-state index is -0.484. The van der Waals surface area contributed by atoms with Gasteiger partial charge in [0.15, 0.2) is 0 Å². The maximum Gasteiger partial charge on any atom is 0.242 e. The summed E-state index contributed by atoms with van der Waals surface area (Å²) >= 11 is 0. The molecule has 0 radical (unpaired) electrons. The van der Waals surface area contributed by atoms with Crippen LogP contribution in [0.15, 0.2) is 18.2 Å².